The second kappa shape index (κ2) is 235. The summed E-state index contributed by atoms with van der Waals surface area (Å²) in [5, 5.41) is 0. The third-order valence-electron chi connectivity index (χ3n) is 0. The van der Waals surface area contributed by atoms with Crippen LogP contribution in [-0.4, -0.2) is 0 Å². The molecule has 0 rings (SSSR count). The molecular weight excluding hydrogens is 326 g/mol. The Morgan fingerprint density at radius 2 is 0.333 bits per heavy atom. The van der Waals surface area contributed by atoms with Crippen molar-refractivity contribution in [3.8, 4) is 0 Å². The molecular formula is F5Pa. The van der Waals surface area contributed by atoms with Crippen LogP contribution >= 0.6 is 0 Å². The molecule has 0 amide bonds. The van der Waals surface area contributed by atoms with Crippen molar-refractivity contribution in [3.63, 3.8) is 0 Å². The monoisotopic (exact) mass is 326 g/mol. The topological polar surface area (TPSA) is 0 Å². The molecule has 0 bridgehead atoms. The molecule has 38 valence electrons. The minimum atomic E-state index is 0. The molecule has 0 radical (unpaired) electrons. The summed E-state index contributed by atoms with van der Waals surface area (Å²) < 4.78 is 0. The van der Waals surface area contributed by atoms with Crippen molar-refractivity contribution in [2.45, 2.75) is 0 Å². The summed E-state index contributed by atoms with van der Waals surface area (Å²) in [6.07, 6.45) is 0. The summed E-state index contributed by atoms with van der Waals surface area (Å²) in [6.45, 7) is 0. The van der Waals surface area contributed by atoms with Crippen LogP contribution in [0.25, 0.3) is 0 Å². The van der Waals surface area contributed by atoms with Crippen molar-refractivity contribution in [1.29, 1.82) is 0 Å². The molecule has 0 spiro atoms. The van der Waals surface area contributed by atoms with Gasteiger partial charge in [-0.2, -0.15) is 0 Å². The van der Waals surface area contributed by atoms with Crippen molar-refractivity contribution in [3.05, 3.63) is 0 Å². The first kappa shape index (κ1) is 405. The van der Waals surface area contributed by atoms with E-state index in [-0.39, 0.29) is 55.8 Å². The Bertz CT molecular complexity index is 3.90. The zero-order valence-corrected chi connectivity index (χ0v) is 7.27. The predicted molar refractivity (Wildman–Crippen MR) is 0 cm³/mol. The van der Waals surface area contributed by atoms with Gasteiger partial charge in [0.2, 0.25) is 0 Å². The number of hydrogen-bond acceptors (Lipinski definition) is 0. The van der Waals surface area contributed by atoms with Crippen LogP contribution in [-0.2, 0) is 0 Å². The summed E-state index contributed by atoms with van der Waals surface area (Å²) in [7, 11) is 0. The smallest absolute Gasteiger partial charge is 1.00 e. The van der Waals surface area contributed by atoms with Crippen LogP contribution in [0.3, 0.4) is 0 Å². The van der Waals surface area contributed by atoms with Crippen LogP contribution in [0, 0.1) is 32.3 Å². The van der Waals surface area contributed by atoms with Gasteiger partial charge in [-0.3, -0.25) is 0 Å². The van der Waals surface area contributed by atoms with E-state index in [1.165, 1.54) is 0 Å². The molecule has 0 aliphatic rings. The first-order chi connectivity index (χ1) is 0. The van der Waals surface area contributed by atoms with E-state index in [2.05, 4.69) is 0 Å². The van der Waals surface area contributed by atoms with Gasteiger partial charge < -0.3 is 23.5 Å². The summed E-state index contributed by atoms with van der Waals surface area (Å²) in [6, 6.07) is 0. The van der Waals surface area contributed by atoms with E-state index in [4.69, 9.17) is 0 Å². The van der Waals surface area contributed by atoms with Crippen LogP contribution in [0.5, 0.6) is 0 Å². The Balaban J connectivity index is 0. The second-order valence-corrected chi connectivity index (χ2v) is 0. The van der Waals surface area contributed by atoms with Crippen molar-refractivity contribution in [1.82, 2.24) is 0 Å². The molecule has 0 unspecified atom stereocenters. The maximum Gasteiger partial charge on any atom is 5.00 e. The summed E-state index contributed by atoms with van der Waals surface area (Å²) in [4.78, 5) is 0. The Hall–Kier alpha value is 0.741. The Morgan fingerprint density at radius 3 is 0.333 bits per heavy atom. The van der Waals surface area contributed by atoms with Crippen molar-refractivity contribution in [2.75, 3.05) is 0 Å². The van der Waals surface area contributed by atoms with E-state index in [0.717, 1.165) is 0 Å². The van der Waals surface area contributed by atoms with Crippen molar-refractivity contribution >= 4 is 0 Å². The van der Waals surface area contributed by atoms with E-state index in [0.29, 0.717) is 0 Å². The molecule has 0 N–H and O–H groups in total. The number of rotatable bonds is 0. The summed E-state index contributed by atoms with van der Waals surface area (Å²) >= 11 is 0. The van der Waals surface area contributed by atoms with Gasteiger partial charge in [-0.05, 0) is 0 Å². The molecule has 0 aromatic carbocycles. The first-order valence-corrected chi connectivity index (χ1v) is 0. The molecule has 0 saturated carbocycles. The third kappa shape index (κ3) is 121. The average molecular weight is 326 g/mol. The molecule has 6 heteroatoms. The third-order valence-corrected chi connectivity index (χ3v) is 0. The molecule has 0 aromatic rings. The predicted octanol–water partition coefficient (Wildman–Crippen LogP) is -15.0. The van der Waals surface area contributed by atoms with Crippen LogP contribution in [0.4, 0.5) is 0 Å². The average Bonchev–Trinajstić information content (AvgIpc) is 0. The van der Waals surface area contributed by atoms with Gasteiger partial charge >= 0.3 is 32.3 Å². The van der Waals surface area contributed by atoms with E-state index in [1.54, 1.807) is 0 Å². The SMILES string of the molecule is [F-].[F-].[F-].[F-].[F-].[Pa+5]. The zero-order chi connectivity index (χ0) is 0. The first-order valence-electron chi connectivity index (χ1n) is 0. The molecule has 0 fully saturated rings. The van der Waals surface area contributed by atoms with Gasteiger partial charge in [-0.1, -0.05) is 0 Å². The molecule has 0 heterocycles. The summed E-state index contributed by atoms with van der Waals surface area (Å²) in [5.41, 5.74) is 0. The van der Waals surface area contributed by atoms with Gasteiger partial charge in [0, 0.05) is 0 Å². The van der Waals surface area contributed by atoms with Gasteiger partial charge in [0.1, 0.15) is 0 Å². The maximum absolute atomic E-state index is 0. The normalized spacial score (nSPS) is 0. The van der Waals surface area contributed by atoms with Crippen molar-refractivity contribution < 1.29 is 55.8 Å². The fraction of sp³-hybridized carbons (Fsp3) is 0. The quantitative estimate of drug-likeness (QED) is 0.388. The molecule has 6 heavy (non-hydrogen) atoms. The van der Waals surface area contributed by atoms with Crippen molar-refractivity contribution in [2.24, 2.45) is 0 Å². The van der Waals surface area contributed by atoms with Crippen LogP contribution in [0.2, 0.25) is 0 Å². The van der Waals surface area contributed by atoms with E-state index < -0.39 is 0 Å². The standard InChI is InChI=1S/5FH.Pa/h5*1H;/q;;;;;+5/p-5. The fourth-order valence-corrected chi connectivity index (χ4v) is 0. The van der Waals surface area contributed by atoms with E-state index in [1.807, 2.05) is 0 Å². The van der Waals surface area contributed by atoms with Gasteiger partial charge in [-0.25, -0.2) is 0 Å². The largest absolute Gasteiger partial charge is 5.00 e. The van der Waals surface area contributed by atoms with Gasteiger partial charge in [0.05, 0.1) is 0 Å². The van der Waals surface area contributed by atoms with E-state index >= 15 is 0 Å². The Labute approximate surface area is 56.0 Å². The molecule has 0 saturated heterocycles. The summed E-state index contributed by atoms with van der Waals surface area (Å²) in [5.74, 6) is 0. The Morgan fingerprint density at radius 1 is 0.333 bits per heavy atom. The molecule has 0 aromatic heterocycles. The Kier molecular flexibility index (Phi) is 15900. The molecule has 0 nitrogen and oxygen atoms in total. The van der Waals surface area contributed by atoms with E-state index in [9.17, 15) is 0 Å². The second-order valence-electron chi connectivity index (χ2n) is 0. The van der Waals surface area contributed by atoms with Crippen LogP contribution in [0.1, 0.15) is 0 Å². The minimum absolute atomic E-state index is 0. The minimum Gasteiger partial charge on any atom is -1.00 e. The maximum atomic E-state index is 0. The fourth-order valence-electron chi connectivity index (χ4n) is 0. The van der Waals surface area contributed by atoms with Crippen LogP contribution < -0.4 is 23.5 Å². The number of hydrogen-bond donors (Lipinski definition) is 0. The van der Waals surface area contributed by atoms with Gasteiger partial charge in [0.15, 0.2) is 0 Å². The molecule has 0 aliphatic heterocycles. The zero-order valence-electron chi connectivity index (χ0n) is 2.47. The molecule has 0 atom stereocenters. The van der Waals surface area contributed by atoms with Gasteiger partial charge in [0.25, 0.3) is 0 Å². The van der Waals surface area contributed by atoms with Gasteiger partial charge in [-0.15, -0.1) is 0 Å². The van der Waals surface area contributed by atoms with Crippen LogP contribution in [0.15, 0.2) is 0 Å². The number of halogens is 5. The molecule has 0 aliphatic carbocycles.